The number of carbonyl (C=O) groups excluding carboxylic acids is 4. The third-order valence-electron chi connectivity index (χ3n) is 5.62. The number of nitrogens with two attached hydrogens (primary N) is 2. The smallest absolute Gasteiger partial charge is 0.303 e. The maximum atomic E-state index is 13.1. The lowest BCUT2D eigenvalue weighted by molar-refractivity contribution is -0.137. The molecule has 1 rings (SSSR count). The number of aliphatic carboxylic acids is 1. The van der Waals surface area contributed by atoms with E-state index in [1.807, 2.05) is 30.3 Å². The fourth-order valence-electron chi connectivity index (χ4n) is 3.51. The van der Waals surface area contributed by atoms with Gasteiger partial charge in [-0.15, -0.1) is 0 Å². The largest absolute Gasteiger partial charge is 0.481 e. The van der Waals surface area contributed by atoms with Gasteiger partial charge in [0.2, 0.25) is 17.7 Å². The molecular weight excluding hydrogens is 466 g/mol. The molecular formula is C25H39N5O6. The number of carbonyl (C=O) groups is 5. The van der Waals surface area contributed by atoms with Crippen LogP contribution in [-0.2, 0) is 30.4 Å². The third kappa shape index (κ3) is 11.4. The van der Waals surface area contributed by atoms with Crippen LogP contribution in [0.15, 0.2) is 30.3 Å². The minimum Gasteiger partial charge on any atom is -0.481 e. The first-order valence-corrected chi connectivity index (χ1v) is 12.2. The summed E-state index contributed by atoms with van der Waals surface area (Å²) in [4.78, 5) is 60.9. The third-order valence-corrected chi connectivity index (χ3v) is 5.62. The number of carboxylic acid groups (broad SMARTS) is 1. The van der Waals surface area contributed by atoms with Gasteiger partial charge in [0.05, 0.1) is 12.1 Å². The number of aldehydes is 1. The topological polar surface area (TPSA) is 194 Å². The molecule has 4 atom stereocenters. The van der Waals surface area contributed by atoms with Gasteiger partial charge in [-0.05, 0) is 50.1 Å². The Morgan fingerprint density at radius 2 is 1.61 bits per heavy atom. The molecule has 1 aromatic rings. The van der Waals surface area contributed by atoms with Crippen LogP contribution in [-0.4, -0.2) is 65.8 Å². The normalized spacial score (nSPS) is 14.2. The molecule has 0 radical (unpaired) electrons. The Morgan fingerprint density at radius 3 is 2.17 bits per heavy atom. The van der Waals surface area contributed by atoms with Gasteiger partial charge < -0.3 is 37.3 Å². The highest BCUT2D eigenvalue weighted by Crippen LogP contribution is 2.08. The van der Waals surface area contributed by atoms with Gasteiger partial charge >= 0.3 is 5.97 Å². The second-order valence-electron chi connectivity index (χ2n) is 9.06. The van der Waals surface area contributed by atoms with E-state index in [1.165, 1.54) is 0 Å². The first-order valence-electron chi connectivity index (χ1n) is 12.2. The molecule has 0 bridgehead atoms. The fraction of sp³-hybridized carbons (Fsp3) is 0.560. The molecule has 1 aromatic carbocycles. The summed E-state index contributed by atoms with van der Waals surface area (Å²) >= 11 is 0. The average molecular weight is 506 g/mol. The molecule has 0 aliphatic heterocycles. The molecule has 0 saturated heterocycles. The van der Waals surface area contributed by atoms with Gasteiger partial charge in [-0.3, -0.25) is 19.2 Å². The summed E-state index contributed by atoms with van der Waals surface area (Å²) in [6.45, 7) is 3.87. The van der Waals surface area contributed by atoms with Crippen molar-refractivity contribution in [2.75, 3.05) is 6.54 Å². The molecule has 0 spiro atoms. The number of benzene rings is 1. The number of hydrogen-bond donors (Lipinski definition) is 6. The molecule has 36 heavy (non-hydrogen) atoms. The van der Waals surface area contributed by atoms with E-state index in [-0.39, 0.29) is 18.8 Å². The molecule has 0 fully saturated rings. The van der Waals surface area contributed by atoms with Gasteiger partial charge in [0, 0.05) is 6.42 Å². The Kier molecular flexibility index (Phi) is 14.0. The lowest BCUT2D eigenvalue weighted by Gasteiger charge is -2.27. The van der Waals surface area contributed by atoms with Crippen LogP contribution in [0.2, 0.25) is 0 Å². The zero-order valence-corrected chi connectivity index (χ0v) is 20.9. The van der Waals surface area contributed by atoms with E-state index in [1.54, 1.807) is 13.8 Å². The predicted octanol–water partition coefficient (Wildman–Crippen LogP) is -0.140. The Morgan fingerprint density at radius 1 is 0.944 bits per heavy atom. The van der Waals surface area contributed by atoms with Crippen LogP contribution in [0.1, 0.15) is 51.5 Å². The summed E-state index contributed by atoms with van der Waals surface area (Å²) in [5.41, 5.74) is 12.2. The van der Waals surface area contributed by atoms with E-state index in [9.17, 15) is 24.0 Å². The summed E-state index contributed by atoms with van der Waals surface area (Å²) < 4.78 is 0. The number of carboxylic acids is 1. The van der Waals surface area contributed by atoms with Crippen LogP contribution in [0.5, 0.6) is 0 Å². The van der Waals surface area contributed by atoms with Crippen LogP contribution >= 0.6 is 0 Å². The van der Waals surface area contributed by atoms with E-state index in [2.05, 4.69) is 16.0 Å². The van der Waals surface area contributed by atoms with Gasteiger partial charge in [-0.1, -0.05) is 44.2 Å². The lowest BCUT2D eigenvalue weighted by Crippen LogP contribution is -2.58. The van der Waals surface area contributed by atoms with Crippen LogP contribution < -0.4 is 27.4 Å². The highest BCUT2D eigenvalue weighted by Gasteiger charge is 2.30. The molecule has 8 N–H and O–H groups in total. The van der Waals surface area contributed by atoms with Crippen LogP contribution in [0.4, 0.5) is 0 Å². The zero-order chi connectivity index (χ0) is 27.1. The second kappa shape index (κ2) is 16.4. The van der Waals surface area contributed by atoms with Crippen molar-refractivity contribution in [1.29, 1.82) is 0 Å². The minimum atomic E-state index is -1.09. The molecule has 0 saturated carbocycles. The van der Waals surface area contributed by atoms with E-state index in [0.29, 0.717) is 38.5 Å². The van der Waals surface area contributed by atoms with E-state index in [4.69, 9.17) is 16.6 Å². The monoisotopic (exact) mass is 505 g/mol. The van der Waals surface area contributed by atoms with Crippen molar-refractivity contribution < 1.29 is 29.1 Å². The number of hydrogen-bond acceptors (Lipinski definition) is 7. The predicted molar refractivity (Wildman–Crippen MR) is 135 cm³/mol. The summed E-state index contributed by atoms with van der Waals surface area (Å²) in [6, 6.07) is 5.41. The van der Waals surface area contributed by atoms with Crippen molar-refractivity contribution in [3.8, 4) is 0 Å². The van der Waals surface area contributed by atoms with Crippen LogP contribution in [0.25, 0.3) is 0 Å². The Balaban J connectivity index is 2.89. The van der Waals surface area contributed by atoms with E-state index in [0.717, 1.165) is 5.56 Å². The van der Waals surface area contributed by atoms with Crippen LogP contribution in [0, 0.1) is 5.92 Å². The standard InChI is InChI=1S/C25H39N5O6/c1-16(2)22(30-23(34)19(27)11-12-21(32)33)25(36)29-20(10-6-7-13-26)24(35)28-18(15-31)14-17-8-4-3-5-9-17/h3-5,8-9,15-16,18-20,22H,6-7,10-14,26-27H2,1-2H3,(H,28,35)(H,29,36)(H,30,34)(H,32,33)/t18-,19-,20-,22-/m0/s1. The zero-order valence-electron chi connectivity index (χ0n) is 20.9. The number of amides is 3. The highest BCUT2D eigenvalue weighted by molar-refractivity contribution is 5.93. The number of unbranched alkanes of at least 4 members (excludes halogenated alkanes) is 1. The number of rotatable bonds is 17. The molecule has 0 heterocycles. The summed E-state index contributed by atoms with van der Waals surface area (Å²) in [5.74, 6) is -3.17. The molecule has 11 heteroatoms. The Bertz CT molecular complexity index is 864. The van der Waals surface area contributed by atoms with Crippen molar-refractivity contribution in [2.24, 2.45) is 17.4 Å². The van der Waals surface area contributed by atoms with Gasteiger partial charge in [-0.2, -0.15) is 0 Å². The highest BCUT2D eigenvalue weighted by atomic mass is 16.4. The maximum absolute atomic E-state index is 13.1. The summed E-state index contributed by atoms with van der Waals surface area (Å²) in [6.07, 6.45) is 2.10. The van der Waals surface area contributed by atoms with Crippen molar-refractivity contribution >= 4 is 30.0 Å². The first kappa shape index (κ1) is 30.7. The molecule has 200 valence electrons. The first-order chi connectivity index (χ1) is 17.1. The fourth-order valence-corrected chi connectivity index (χ4v) is 3.51. The van der Waals surface area contributed by atoms with Gasteiger partial charge in [0.1, 0.15) is 18.4 Å². The van der Waals surface area contributed by atoms with E-state index < -0.39 is 47.9 Å². The Labute approximate surface area is 211 Å². The van der Waals surface area contributed by atoms with Crippen molar-refractivity contribution in [1.82, 2.24) is 16.0 Å². The summed E-state index contributed by atoms with van der Waals surface area (Å²) in [5, 5.41) is 16.7. The van der Waals surface area contributed by atoms with Gasteiger partial charge in [0.15, 0.2) is 0 Å². The Hall–Kier alpha value is -3.31. The van der Waals surface area contributed by atoms with Gasteiger partial charge in [-0.25, -0.2) is 0 Å². The minimum absolute atomic E-state index is 0.0772. The SMILES string of the molecule is CC(C)[C@H](NC(=O)[C@@H](N)CCC(=O)O)C(=O)N[C@@H](CCCCN)C(=O)N[C@H](C=O)Cc1ccccc1. The van der Waals surface area contributed by atoms with Crippen LogP contribution in [0.3, 0.4) is 0 Å². The van der Waals surface area contributed by atoms with Gasteiger partial charge in [0.25, 0.3) is 0 Å². The molecule has 3 amide bonds. The molecule has 0 aromatic heterocycles. The summed E-state index contributed by atoms with van der Waals surface area (Å²) in [7, 11) is 0. The molecule has 11 nitrogen and oxygen atoms in total. The molecule has 0 aliphatic rings. The van der Waals surface area contributed by atoms with E-state index >= 15 is 0 Å². The maximum Gasteiger partial charge on any atom is 0.303 e. The molecule has 0 unspecified atom stereocenters. The quantitative estimate of drug-likeness (QED) is 0.124. The van der Waals surface area contributed by atoms with Crippen molar-refractivity contribution in [3.63, 3.8) is 0 Å². The van der Waals surface area contributed by atoms with Crippen molar-refractivity contribution in [2.45, 2.75) is 76.5 Å². The second-order valence-corrected chi connectivity index (χ2v) is 9.06. The lowest BCUT2D eigenvalue weighted by atomic mass is 10.0. The van der Waals surface area contributed by atoms with Crippen molar-refractivity contribution in [3.05, 3.63) is 35.9 Å². The molecule has 0 aliphatic carbocycles. The average Bonchev–Trinajstić information content (AvgIpc) is 2.84. The number of nitrogens with one attached hydrogen (secondary N) is 3.